The fourth-order valence-electron chi connectivity index (χ4n) is 2.08. The van der Waals surface area contributed by atoms with Gasteiger partial charge < -0.3 is 14.9 Å². The van der Waals surface area contributed by atoms with E-state index in [1.54, 1.807) is 6.92 Å². The van der Waals surface area contributed by atoms with Crippen LogP contribution in [0.5, 0.6) is 5.75 Å². The summed E-state index contributed by atoms with van der Waals surface area (Å²) in [6, 6.07) is 5.64. The Morgan fingerprint density at radius 2 is 2.00 bits per heavy atom. The molecule has 106 valence electrons. The van der Waals surface area contributed by atoms with Crippen LogP contribution in [0.25, 0.3) is 0 Å². The number of halogens is 2. The zero-order valence-corrected chi connectivity index (χ0v) is 10.6. The van der Waals surface area contributed by atoms with Crippen LogP contribution in [0.4, 0.5) is 8.78 Å². The number of aliphatic carboxylic acids is 1. The van der Waals surface area contributed by atoms with Crippen LogP contribution in [0, 0.1) is 5.92 Å². The summed E-state index contributed by atoms with van der Waals surface area (Å²) in [6.45, 7) is -0.158. The van der Waals surface area contributed by atoms with Gasteiger partial charge in [0.2, 0.25) is 0 Å². The molecule has 0 aromatic heterocycles. The van der Waals surface area contributed by atoms with Gasteiger partial charge in [0.1, 0.15) is 11.4 Å². The van der Waals surface area contributed by atoms with Crippen LogP contribution >= 0.6 is 0 Å². The summed E-state index contributed by atoms with van der Waals surface area (Å²) in [5, 5.41) is 19.5. The molecule has 1 rings (SSSR count). The molecule has 0 aliphatic carbocycles. The summed E-state index contributed by atoms with van der Waals surface area (Å²) < 4.78 is 28.9. The summed E-state index contributed by atoms with van der Waals surface area (Å²) in [6.07, 6.45) is 0.158. The SMILES string of the molecule is CCC(C(=O)O)C(C)(O)c1ccccc1OC(F)F. The van der Waals surface area contributed by atoms with E-state index in [4.69, 9.17) is 5.11 Å². The lowest BCUT2D eigenvalue weighted by molar-refractivity contribution is -0.152. The van der Waals surface area contributed by atoms with Gasteiger partial charge in [-0.15, -0.1) is 0 Å². The summed E-state index contributed by atoms with van der Waals surface area (Å²) in [5.74, 6) is -2.53. The summed E-state index contributed by atoms with van der Waals surface area (Å²) in [4.78, 5) is 11.1. The van der Waals surface area contributed by atoms with Crippen LogP contribution in [-0.4, -0.2) is 22.8 Å². The van der Waals surface area contributed by atoms with Gasteiger partial charge in [-0.2, -0.15) is 8.78 Å². The standard InChI is InChI=1S/C13H16F2O4/c1-3-8(11(16)17)13(2,18)9-6-4-5-7-10(9)19-12(14)15/h4-8,12,18H,3H2,1-2H3,(H,16,17). The van der Waals surface area contributed by atoms with E-state index in [0.29, 0.717) is 0 Å². The second-order valence-electron chi connectivity index (χ2n) is 4.32. The highest BCUT2D eigenvalue weighted by Crippen LogP contribution is 2.37. The highest BCUT2D eigenvalue weighted by Gasteiger charge is 2.39. The molecular formula is C13H16F2O4. The van der Waals surface area contributed by atoms with E-state index in [1.807, 2.05) is 0 Å². The van der Waals surface area contributed by atoms with Crippen LogP contribution in [0.3, 0.4) is 0 Å². The van der Waals surface area contributed by atoms with Crippen molar-refractivity contribution in [1.29, 1.82) is 0 Å². The molecule has 0 bridgehead atoms. The number of hydrogen-bond acceptors (Lipinski definition) is 3. The van der Waals surface area contributed by atoms with Gasteiger partial charge in [-0.25, -0.2) is 0 Å². The van der Waals surface area contributed by atoms with Crippen LogP contribution in [-0.2, 0) is 10.4 Å². The van der Waals surface area contributed by atoms with Gasteiger partial charge in [0.05, 0.1) is 5.92 Å². The Bertz CT molecular complexity index is 446. The molecule has 19 heavy (non-hydrogen) atoms. The van der Waals surface area contributed by atoms with Gasteiger partial charge in [0, 0.05) is 5.56 Å². The number of carboxylic acids is 1. The van der Waals surface area contributed by atoms with Crippen molar-refractivity contribution in [1.82, 2.24) is 0 Å². The Balaban J connectivity index is 3.23. The monoisotopic (exact) mass is 274 g/mol. The Morgan fingerprint density at radius 1 is 1.42 bits per heavy atom. The molecule has 0 radical (unpaired) electrons. The summed E-state index contributed by atoms with van der Waals surface area (Å²) in [5.41, 5.74) is -1.77. The molecule has 1 aromatic carbocycles. The third-order valence-corrected chi connectivity index (χ3v) is 3.03. The van der Waals surface area contributed by atoms with Crippen LogP contribution in [0.1, 0.15) is 25.8 Å². The molecule has 0 heterocycles. The minimum Gasteiger partial charge on any atom is -0.481 e. The second-order valence-corrected chi connectivity index (χ2v) is 4.32. The van der Waals surface area contributed by atoms with Crippen molar-refractivity contribution in [3.8, 4) is 5.75 Å². The number of para-hydroxylation sites is 1. The fraction of sp³-hybridized carbons (Fsp3) is 0.462. The zero-order chi connectivity index (χ0) is 14.6. The van der Waals surface area contributed by atoms with Crippen molar-refractivity contribution in [3.05, 3.63) is 29.8 Å². The maximum atomic E-state index is 12.3. The van der Waals surface area contributed by atoms with Gasteiger partial charge in [-0.3, -0.25) is 4.79 Å². The van der Waals surface area contributed by atoms with Crippen molar-refractivity contribution in [2.24, 2.45) is 5.92 Å². The number of aliphatic hydroxyl groups is 1. The predicted molar refractivity (Wildman–Crippen MR) is 64.1 cm³/mol. The molecule has 4 nitrogen and oxygen atoms in total. The number of hydrogen-bond donors (Lipinski definition) is 2. The molecule has 0 aliphatic rings. The Morgan fingerprint density at radius 3 is 2.47 bits per heavy atom. The molecule has 0 fully saturated rings. The van der Waals surface area contributed by atoms with E-state index in [-0.39, 0.29) is 17.7 Å². The Hall–Kier alpha value is -1.69. The molecular weight excluding hydrogens is 258 g/mol. The Labute approximate surface area is 109 Å². The molecule has 0 spiro atoms. The number of ether oxygens (including phenoxy) is 1. The average Bonchev–Trinajstić information content (AvgIpc) is 2.28. The maximum Gasteiger partial charge on any atom is 0.387 e. The van der Waals surface area contributed by atoms with Crippen LogP contribution in [0.15, 0.2) is 24.3 Å². The first-order valence-electron chi connectivity index (χ1n) is 5.80. The third-order valence-electron chi connectivity index (χ3n) is 3.03. The normalized spacial score (nSPS) is 15.9. The highest BCUT2D eigenvalue weighted by atomic mass is 19.3. The van der Waals surface area contributed by atoms with Crippen molar-refractivity contribution in [2.75, 3.05) is 0 Å². The van der Waals surface area contributed by atoms with E-state index in [1.165, 1.54) is 31.2 Å². The van der Waals surface area contributed by atoms with E-state index in [0.717, 1.165) is 0 Å². The van der Waals surface area contributed by atoms with Gasteiger partial charge in [0.25, 0.3) is 0 Å². The second kappa shape index (κ2) is 5.97. The molecule has 0 amide bonds. The van der Waals surface area contributed by atoms with E-state index in [9.17, 15) is 18.7 Å². The molecule has 1 aromatic rings. The number of rotatable bonds is 6. The summed E-state index contributed by atoms with van der Waals surface area (Å²) >= 11 is 0. The molecule has 2 N–H and O–H groups in total. The predicted octanol–water partition coefficient (Wildman–Crippen LogP) is 2.61. The zero-order valence-electron chi connectivity index (χ0n) is 10.6. The fourth-order valence-corrected chi connectivity index (χ4v) is 2.08. The van der Waals surface area contributed by atoms with Gasteiger partial charge in [0.15, 0.2) is 0 Å². The molecule has 0 saturated carbocycles. The maximum absolute atomic E-state index is 12.3. The van der Waals surface area contributed by atoms with Gasteiger partial charge >= 0.3 is 12.6 Å². The van der Waals surface area contributed by atoms with Crippen LogP contribution in [0.2, 0.25) is 0 Å². The van der Waals surface area contributed by atoms with Crippen molar-refractivity contribution in [2.45, 2.75) is 32.5 Å². The lowest BCUT2D eigenvalue weighted by Gasteiger charge is -2.31. The van der Waals surface area contributed by atoms with E-state index >= 15 is 0 Å². The number of carboxylic acid groups (broad SMARTS) is 1. The molecule has 0 aliphatic heterocycles. The van der Waals surface area contributed by atoms with Crippen molar-refractivity contribution in [3.63, 3.8) is 0 Å². The van der Waals surface area contributed by atoms with Crippen molar-refractivity contribution >= 4 is 5.97 Å². The van der Waals surface area contributed by atoms with Gasteiger partial charge in [-0.05, 0) is 19.4 Å². The lowest BCUT2D eigenvalue weighted by Crippen LogP contribution is -2.37. The minimum atomic E-state index is -3.04. The molecule has 6 heteroatoms. The van der Waals surface area contributed by atoms with Crippen LogP contribution < -0.4 is 4.74 Å². The van der Waals surface area contributed by atoms with Crippen molar-refractivity contribution < 1.29 is 28.5 Å². The Kier molecular flexibility index (Phi) is 4.83. The first-order chi connectivity index (χ1) is 8.80. The third kappa shape index (κ3) is 3.41. The molecule has 2 unspecified atom stereocenters. The highest BCUT2D eigenvalue weighted by molar-refractivity contribution is 5.72. The van der Waals surface area contributed by atoms with E-state index in [2.05, 4.69) is 4.74 Å². The topological polar surface area (TPSA) is 66.8 Å². The first kappa shape index (κ1) is 15.4. The quantitative estimate of drug-likeness (QED) is 0.836. The first-order valence-corrected chi connectivity index (χ1v) is 5.80. The smallest absolute Gasteiger partial charge is 0.387 e. The number of carbonyl (C=O) groups is 1. The van der Waals surface area contributed by atoms with Gasteiger partial charge in [-0.1, -0.05) is 25.1 Å². The number of benzene rings is 1. The number of alkyl halides is 2. The van der Waals surface area contributed by atoms with E-state index < -0.39 is 24.1 Å². The molecule has 2 atom stereocenters. The average molecular weight is 274 g/mol. The summed E-state index contributed by atoms with van der Waals surface area (Å²) in [7, 11) is 0. The largest absolute Gasteiger partial charge is 0.481 e. The minimum absolute atomic E-state index is 0.0320. The lowest BCUT2D eigenvalue weighted by atomic mass is 9.81. The molecule has 0 saturated heterocycles.